The summed E-state index contributed by atoms with van der Waals surface area (Å²) in [6.07, 6.45) is 26.6. The van der Waals surface area contributed by atoms with Gasteiger partial charge in [-0.25, -0.2) is 0 Å². The number of thiocarbonyl (C=S) groups is 1. The summed E-state index contributed by atoms with van der Waals surface area (Å²) in [6.45, 7) is 49.7. The third-order valence-corrected chi connectivity index (χ3v) is 6.18. The number of hydrogen-bond donors (Lipinski definition) is 1. The second-order valence-electron chi connectivity index (χ2n) is 11.3. The van der Waals surface area contributed by atoms with Crippen LogP contribution in [0.5, 0.6) is 0 Å². The first kappa shape index (κ1) is 67.8. The molecule has 0 radical (unpaired) electrons. The van der Waals surface area contributed by atoms with Gasteiger partial charge in [-0.1, -0.05) is 212 Å². The van der Waals surface area contributed by atoms with Gasteiger partial charge in [0, 0.05) is 11.4 Å². The molecule has 0 unspecified atom stereocenters. The van der Waals surface area contributed by atoms with E-state index >= 15 is 0 Å². The predicted molar refractivity (Wildman–Crippen MR) is 237 cm³/mol. The minimum absolute atomic E-state index is 0.520. The Morgan fingerprint density at radius 1 is 0.660 bits per heavy atom. The monoisotopic (exact) mass is 684 g/mol. The van der Waals surface area contributed by atoms with E-state index in [2.05, 4.69) is 101 Å². The van der Waals surface area contributed by atoms with Gasteiger partial charge < -0.3 is 5.73 Å². The highest BCUT2D eigenvalue weighted by Crippen LogP contribution is 2.24. The average Bonchev–Trinajstić information content (AvgIpc) is 3.09. The number of allylic oxidation sites excluding steroid dienone is 6. The average molecular weight is 684 g/mol. The maximum Gasteiger partial charge on any atom is 0.00390 e. The summed E-state index contributed by atoms with van der Waals surface area (Å²) in [5.74, 6) is 3.67. The van der Waals surface area contributed by atoms with E-state index in [1.807, 2.05) is 79.7 Å². The van der Waals surface area contributed by atoms with Gasteiger partial charge in [-0.3, -0.25) is 0 Å². The van der Waals surface area contributed by atoms with E-state index in [9.17, 15) is 0 Å². The maximum atomic E-state index is 5.70. The molecule has 0 saturated heterocycles. The fraction of sp³-hybridized carbons (Fsp3) is 0.756. The lowest BCUT2D eigenvalue weighted by Crippen LogP contribution is -2.25. The molecule has 0 aromatic heterocycles. The maximum absolute atomic E-state index is 5.70. The molecule has 1 nitrogen and oxygen atoms in total. The van der Waals surface area contributed by atoms with Gasteiger partial charge in [-0.05, 0) is 68.6 Å². The van der Waals surface area contributed by atoms with E-state index in [0.717, 1.165) is 42.9 Å². The molecule has 2 rings (SSSR count). The van der Waals surface area contributed by atoms with Crippen molar-refractivity contribution in [3.63, 3.8) is 0 Å². The van der Waals surface area contributed by atoms with Crippen molar-refractivity contribution in [1.82, 2.24) is 0 Å². The fourth-order valence-corrected chi connectivity index (χ4v) is 2.74. The Bertz CT molecular complexity index is 486. The molecule has 0 spiro atoms. The van der Waals surface area contributed by atoms with Crippen LogP contribution in [-0.4, -0.2) is 11.4 Å². The Morgan fingerprint density at radius 2 is 1.04 bits per heavy atom. The van der Waals surface area contributed by atoms with E-state index in [0.29, 0.717) is 6.04 Å². The van der Waals surface area contributed by atoms with Crippen molar-refractivity contribution in [3.8, 4) is 0 Å². The van der Waals surface area contributed by atoms with Crippen molar-refractivity contribution in [2.45, 2.75) is 201 Å². The first-order valence-corrected chi connectivity index (χ1v) is 20.2. The number of hydrogen-bond acceptors (Lipinski definition) is 2. The minimum atomic E-state index is 0.520. The summed E-state index contributed by atoms with van der Waals surface area (Å²) in [5, 5.41) is 1.61. The summed E-state index contributed by atoms with van der Waals surface area (Å²) >= 11 is 4.51. The highest BCUT2D eigenvalue weighted by atomic mass is 32.1. The zero-order chi connectivity index (χ0) is 39.3. The van der Waals surface area contributed by atoms with Crippen molar-refractivity contribution in [2.24, 2.45) is 29.4 Å². The molecule has 2 aliphatic rings. The standard InChI is InChI=1S/C7H15N.C6H12.C5H8S.C5H10.C5H12.C5H10.C4H6.4C2H6/c1-6-2-4-7(8)5-3-6;1-4-5-6(2)3;1-2-3-4-5-6;1-5-3-2-4-5;1-4-5(2)3;1-3-5-4-2;1-3-4-2;4*1-2/h6-7H,2-5,8H2,1H3;4,6H,1,5H2,2-3H3;3-5H,2H2,1H3;5H,2-4H2,1H3;5H,4H2,1-3H3;3H,1,4-5H2,2H3;3-4H,1-2H2;4*1-2H3/b;;4-3+;;;;;;;;. The molecule has 0 heterocycles. The molecular weight excluding hydrogens is 587 g/mol. The quantitative estimate of drug-likeness (QED) is 0.119. The molecule has 0 aliphatic heterocycles. The van der Waals surface area contributed by atoms with Crippen LogP contribution in [0.3, 0.4) is 0 Å². The molecule has 2 N–H and O–H groups in total. The second-order valence-corrected chi connectivity index (χ2v) is 11.6. The summed E-state index contributed by atoms with van der Waals surface area (Å²) in [5.41, 5.74) is 5.70. The van der Waals surface area contributed by atoms with Crippen LogP contribution >= 0.6 is 12.2 Å². The minimum Gasteiger partial charge on any atom is -0.328 e. The third-order valence-electron chi connectivity index (χ3n) is 6.02. The fourth-order valence-electron chi connectivity index (χ4n) is 2.63. The lowest BCUT2D eigenvalue weighted by molar-refractivity contribution is 0.346. The molecule has 0 atom stereocenters. The van der Waals surface area contributed by atoms with Gasteiger partial charge in [0.15, 0.2) is 0 Å². The van der Waals surface area contributed by atoms with Gasteiger partial charge in [0.05, 0.1) is 0 Å². The first-order chi connectivity index (χ1) is 22.5. The Morgan fingerprint density at radius 3 is 1.13 bits per heavy atom. The zero-order valence-corrected chi connectivity index (χ0v) is 37.0. The molecule has 0 aromatic carbocycles. The second kappa shape index (κ2) is 79.9. The van der Waals surface area contributed by atoms with Crippen LogP contribution in [0.4, 0.5) is 0 Å². The van der Waals surface area contributed by atoms with E-state index in [1.165, 1.54) is 57.8 Å². The van der Waals surface area contributed by atoms with Gasteiger partial charge in [0.25, 0.3) is 0 Å². The van der Waals surface area contributed by atoms with Crippen LogP contribution in [-0.2, 0) is 0 Å². The normalized spacial score (nSPS) is 14.6. The largest absolute Gasteiger partial charge is 0.328 e. The van der Waals surface area contributed by atoms with Crippen LogP contribution in [0.1, 0.15) is 195 Å². The summed E-state index contributed by atoms with van der Waals surface area (Å²) in [6, 6.07) is 0.520. The topological polar surface area (TPSA) is 26.0 Å². The Hall–Kier alpha value is -1.25. The molecule has 0 bridgehead atoms. The SMILES string of the molecule is C=CC=C.C=CCC(C)C.C=CCCC.CC.CC.CC.CC.CC/C=C/C=S.CC1CCC(N)CC1.CC1CCC1.CCC(C)C. The van der Waals surface area contributed by atoms with Crippen molar-refractivity contribution in [2.75, 3.05) is 0 Å². The van der Waals surface area contributed by atoms with Crippen molar-refractivity contribution < 1.29 is 0 Å². The Labute approximate surface area is 309 Å². The molecule has 2 saturated carbocycles. The lowest BCUT2D eigenvalue weighted by Gasteiger charge is -2.22. The molecule has 288 valence electrons. The van der Waals surface area contributed by atoms with E-state index in [4.69, 9.17) is 5.73 Å². The van der Waals surface area contributed by atoms with Gasteiger partial charge >= 0.3 is 0 Å². The Balaban J connectivity index is -0.0000000498. The molecule has 47 heavy (non-hydrogen) atoms. The summed E-state index contributed by atoms with van der Waals surface area (Å²) in [7, 11) is 0. The van der Waals surface area contributed by atoms with Crippen LogP contribution in [0.15, 0.2) is 62.8 Å². The van der Waals surface area contributed by atoms with Gasteiger partial charge in [-0.15, -0.1) is 13.2 Å². The molecule has 0 amide bonds. The first-order valence-electron chi connectivity index (χ1n) is 19.8. The van der Waals surface area contributed by atoms with Gasteiger partial charge in [0.2, 0.25) is 0 Å². The smallest absolute Gasteiger partial charge is 0.00390 e. The number of unbranched alkanes of at least 4 members (excludes halogenated alkanes) is 1. The van der Waals surface area contributed by atoms with Gasteiger partial charge in [-0.2, -0.15) is 0 Å². The van der Waals surface area contributed by atoms with Crippen molar-refractivity contribution in [1.29, 1.82) is 0 Å². The highest BCUT2D eigenvalue weighted by Gasteiger charge is 2.13. The van der Waals surface area contributed by atoms with Crippen LogP contribution in [0, 0.1) is 23.7 Å². The predicted octanol–water partition coefficient (Wildman–Crippen LogP) is 17.0. The molecule has 0 aromatic rings. The van der Waals surface area contributed by atoms with Gasteiger partial charge in [0.1, 0.15) is 0 Å². The van der Waals surface area contributed by atoms with E-state index < -0.39 is 0 Å². The van der Waals surface area contributed by atoms with Crippen LogP contribution in [0.2, 0.25) is 0 Å². The third kappa shape index (κ3) is 123. The Kier molecular flexibility index (Phi) is 115. The highest BCUT2D eigenvalue weighted by molar-refractivity contribution is 7.79. The van der Waals surface area contributed by atoms with Crippen molar-refractivity contribution in [3.05, 3.63) is 62.8 Å². The van der Waals surface area contributed by atoms with E-state index in [1.54, 1.807) is 17.5 Å². The number of nitrogens with two attached hydrogens (primary N) is 1. The molecule has 2 heteroatoms. The van der Waals surface area contributed by atoms with Crippen LogP contribution < -0.4 is 5.73 Å². The van der Waals surface area contributed by atoms with Crippen molar-refractivity contribution >= 4 is 17.6 Å². The summed E-state index contributed by atoms with van der Waals surface area (Å²) in [4.78, 5) is 0. The molecule has 2 fully saturated rings. The van der Waals surface area contributed by atoms with Crippen LogP contribution in [0.25, 0.3) is 0 Å². The lowest BCUT2D eigenvalue weighted by atomic mass is 9.88. The molecule has 2 aliphatic carbocycles. The van der Waals surface area contributed by atoms with E-state index in [-0.39, 0.29) is 0 Å². The molecular formula is C45H97NS. The zero-order valence-electron chi connectivity index (χ0n) is 36.2. The summed E-state index contributed by atoms with van der Waals surface area (Å²) < 4.78 is 0. The number of rotatable bonds is 8.